The highest BCUT2D eigenvalue weighted by molar-refractivity contribution is 7.73. The molecule has 0 radical (unpaired) electrons. The van der Waals surface area contributed by atoms with Crippen LogP contribution in [0.5, 0.6) is 0 Å². The zero-order valence-corrected chi connectivity index (χ0v) is 51.4. The minimum absolute atomic E-state index is 0.134. The Bertz CT molecular complexity index is 2390. The third kappa shape index (κ3) is 13.4. The average Bonchev–Trinajstić information content (AvgIpc) is 3.10. The minimum atomic E-state index is -4.84. The maximum atomic E-state index is 13.4. The molecule has 0 aliphatic heterocycles. The molecule has 0 saturated carbocycles. The van der Waals surface area contributed by atoms with Gasteiger partial charge in [-0.25, -0.2) is 0 Å². The maximum Gasteiger partial charge on any atom is 0.473 e. The van der Waals surface area contributed by atoms with E-state index in [4.69, 9.17) is 4.31 Å². The first kappa shape index (κ1) is 60.1. The second-order valence-corrected chi connectivity index (χ2v) is 33.5. The third-order valence-electron chi connectivity index (χ3n) is 14.5. The summed E-state index contributed by atoms with van der Waals surface area (Å²) in [6.07, 6.45) is -0.248. The van der Waals surface area contributed by atoms with Gasteiger partial charge in [0.15, 0.2) is 6.16 Å². The van der Waals surface area contributed by atoms with E-state index in [1.54, 1.807) is 0 Å². The van der Waals surface area contributed by atoms with E-state index in [0.717, 1.165) is 77.9 Å². The summed E-state index contributed by atoms with van der Waals surface area (Å²) in [5, 5.41) is 0. The largest absolute Gasteiger partial charge is 0.473 e. The predicted octanol–water partition coefficient (Wildman–Crippen LogP) is 17.7. The standard InChI is InChI=1S/C63H100O5P2/c1-38-29-42(56(5,6)7)33-47(60(17,18)19)51(38)46(52-39(2)30-43(57(8,9)10)34-48(52)61(20,21)22)37-69(64,65)68-70(66,67)55(53-40(3)31-44(58(11,12)13)35-49(53)62(23,24)25)54-41(4)32-45(59(14,15)16)36-50(54)63(26,27)28/h29-36,46,55,64-67H,37H2,1-28H3/q+2. The van der Waals surface area contributed by atoms with Crippen LogP contribution in [0.1, 0.15) is 267 Å². The Morgan fingerprint density at radius 3 is 0.771 bits per heavy atom. The molecule has 4 aromatic rings. The summed E-state index contributed by atoms with van der Waals surface area (Å²) < 4.78 is 6.64. The number of rotatable bonds is 9. The van der Waals surface area contributed by atoms with E-state index >= 15 is 0 Å². The summed E-state index contributed by atoms with van der Waals surface area (Å²) in [6, 6.07) is 18.0. The quantitative estimate of drug-likeness (QED) is 0.125. The van der Waals surface area contributed by atoms with Crippen molar-refractivity contribution in [2.45, 2.75) is 249 Å². The zero-order chi connectivity index (χ0) is 54.5. The van der Waals surface area contributed by atoms with Gasteiger partial charge in [0.1, 0.15) is 0 Å². The van der Waals surface area contributed by atoms with Gasteiger partial charge in [-0.1, -0.05) is 215 Å². The van der Waals surface area contributed by atoms with Crippen LogP contribution < -0.4 is 0 Å². The highest BCUT2D eigenvalue weighted by atomic mass is 31.3. The van der Waals surface area contributed by atoms with E-state index in [0.29, 0.717) is 0 Å². The second-order valence-electron chi connectivity index (χ2n) is 29.5. The Morgan fingerprint density at radius 1 is 0.343 bits per heavy atom. The summed E-state index contributed by atoms with van der Waals surface area (Å²) in [5.41, 5.74) is 13.1. The second kappa shape index (κ2) is 19.3. The molecule has 0 aliphatic carbocycles. The molecule has 0 unspecified atom stereocenters. The molecule has 4 aromatic carbocycles. The molecule has 7 heteroatoms. The number of hydrogen-bond donors (Lipinski definition) is 4. The molecule has 70 heavy (non-hydrogen) atoms. The van der Waals surface area contributed by atoms with Crippen molar-refractivity contribution in [3.63, 3.8) is 0 Å². The van der Waals surface area contributed by atoms with E-state index in [2.05, 4.69) is 242 Å². The van der Waals surface area contributed by atoms with Gasteiger partial charge in [-0.3, -0.25) is 0 Å². The molecule has 5 nitrogen and oxygen atoms in total. The van der Waals surface area contributed by atoms with Crippen molar-refractivity contribution < 1.29 is 23.9 Å². The molecule has 4 N–H and O–H groups in total. The summed E-state index contributed by atoms with van der Waals surface area (Å²) in [4.78, 5) is 53.0. The fourth-order valence-electron chi connectivity index (χ4n) is 10.4. The first-order valence-electron chi connectivity index (χ1n) is 25.9. The maximum absolute atomic E-state index is 13.4. The number of aryl methyl sites for hydroxylation is 4. The van der Waals surface area contributed by atoms with Gasteiger partial charge in [-0.15, -0.1) is 0 Å². The molecule has 0 saturated heterocycles. The normalized spacial score (nSPS) is 14.4. The van der Waals surface area contributed by atoms with Gasteiger partial charge < -0.3 is 0 Å². The lowest BCUT2D eigenvalue weighted by Crippen LogP contribution is -2.28. The van der Waals surface area contributed by atoms with E-state index in [9.17, 15) is 19.6 Å². The highest BCUT2D eigenvalue weighted by Gasteiger charge is 2.64. The fourth-order valence-corrected chi connectivity index (χ4v) is 14.8. The van der Waals surface area contributed by atoms with Crippen molar-refractivity contribution in [2.24, 2.45) is 0 Å². The molecule has 0 aromatic heterocycles. The Balaban J connectivity index is 2.24. The lowest BCUT2D eigenvalue weighted by molar-refractivity contribution is 0.272. The molecule has 0 spiro atoms. The van der Waals surface area contributed by atoms with Crippen LogP contribution >= 0.6 is 15.9 Å². The fraction of sp³-hybridized carbons (Fsp3) is 0.619. The lowest BCUT2D eigenvalue weighted by Gasteiger charge is -2.37. The van der Waals surface area contributed by atoms with Crippen molar-refractivity contribution >= 4 is 15.9 Å². The molecule has 390 valence electrons. The predicted molar refractivity (Wildman–Crippen MR) is 307 cm³/mol. The van der Waals surface area contributed by atoms with Gasteiger partial charge in [0, 0.05) is 15.4 Å². The molecule has 0 bridgehead atoms. The van der Waals surface area contributed by atoms with Crippen molar-refractivity contribution in [3.8, 4) is 0 Å². The Labute approximate surface area is 430 Å². The van der Waals surface area contributed by atoms with Gasteiger partial charge in [0.2, 0.25) is 5.66 Å². The van der Waals surface area contributed by atoms with Crippen molar-refractivity contribution in [1.82, 2.24) is 0 Å². The van der Waals surface area contributed by atoms with Crippen molar-refractivity contribution in [3.05, 3.63) is 138 Å². The molecule has 0 heterocycles. The Hall–Kier alpha value is -2.46. The monoisotopic (exact) mass is 999 g/mol. The third-order valence-corrected chi connectivity index (χ3v) is 18.5. The topological polar surface area (TPSA) is 90.2 Å². The van der Waals surface area contributed by atoms with E-state index in [-0.39, 0.29) is 38.7 Å². The minimum Gasteiger partial charge on any atom is -0.189 e. The Kier molecular flexibility index (Phi) is 16.6. The summed E-state index contributed by atoms with van der Waals surface area (Å²) >= 11 is 0. The first-order chi connectivity index (χ1) is 30.9. The van der Waals surface area contributed by atoms with Crippen LogP contribution in [0.25, 0.3) is 0 Å². The van der Waals surface area contributed by atoms with Crippen LogP contribution in [0.4, 0.5) is 0 Å². The Morgan fingerprint density at radius 2 is 0.557 bits per heavy atom. The van der Waals surface area contributed by atoms with Crippen molar-refractivity contribution in [1.29, 1.82) is 0 Å². The highest BCUT2D eigenvalue weighted by Crippen LogP contribution is 2.78. The van der Waals surface area contributed by atoms with E-state index < -0.39 is 38.3 Å². The van der Waals surface area contributed by atoms with Crippen LogP contribution in [0.3, 0.4) is 0 Å². The van der Waals surface area contributed by atoms with Gasteiger partial charge in [0.25, 0.3) is 0 Å². The van der Waals surface area contributed by atoms with Crippen LogP contribution in [0.2, 0.25) is 0 Å². The van der Waals surface area contributed by atoms with Gasteiger partial charge in [-0.2, -0.15) is 19.6 Å². The van der Waals surface area contributed by atoms with E-state index in [1.165, 1.54) is 11.1 Å². The zero-order valence-electron chi connectivity index (χ0n) is 49.6. The smallest absolute Gasteiger partial charge is 0.189 e. The van der Waals surface area contributed by atoms with Gasteiger partial charge >= 0.3 is 15.9 Å². The van der Waals surface area contributed by atoms with Gasteiger partial charge in [-0.05, 0) is 149 Å². The SMILES string of the molecule is Cc1cc(C(C)(C)C)cc(C(C)(C)C)c1C(C[P+](O)(O)O[P+](O)(O)C(c1c(C)cc(C(C)(C)C)cc1C(C)(C)C)c1c(C)cc(C(C)(C)C)cc1C(C)(C)C)c1c(C)cc(C(C)(C)C)cc1C(C)(C)C. The van der Waals surface area contributed by atoms with Crippen LogP contribution in [-0.2, 0) is 47.6 Å². The number of hydrogen-bond acceptors (Lipinski definition) is 5. The first-order valence-corrected chi connectivity index (χ1v) is 29.4. The molecule has 0 atom stereocenters. The molecule has 0 fully saturated rings. The average molecular weight is 999 g/mol. The summed E-state index contributed by atoms with van der Waals surface area (Å²) in [5.74, 6) is -0.579. The lowest BCUT2D eigenvalue weighted by atomic mass is 9.69. The van der Waals surface area contributed by atoms with Crippen LogP contribution in [-0.4, -0.2) is 25.7 Å². The van der Waals surface area contributed by atoms with Crippen molar-refractivity contribution in [2.75, 3.05) is 6.16 Å². The molecule has 0 amide bonds. The van der Waals surface area contributed by atoms with Gasteiger partial charge in [0.05, 0.1) is 5.92 Å². The van der Waals surface area contributed by atoms with Crippen LogP contribution in [0, 0.1) is 27.7 Å². The molecule has 4 rings (SSSR count). The number of benzene rings is 4. The summed E-state index contributed by atoms with van der Waals surface area (Å²) in [7, 11) is -9.52. The summed E-state index contributed by atoms with van der Waals surface area (Å²) in [6.45, 7) is 61.5. The van der Waals surface area contributed by atoms with E-state index in [1.807, 2.05) is 0 Å². The molecule has 0 aliphatic rings. The molecular weight excluding hydrogens is 899 g/mol. The van der Waals surface area contributed by atoms with Crippen LogP contribution in [0.15, 0.2) is 48.5 Å². The molecular formula is C63H100O5P2+2.